The van der Waals surface area contributed by atoms with Crippen molar-refractivity contribution in [2.75, 3.05) is 12.4 Å². The Bertz CT molecular complexity index is 1010. The molecule has 1 aromatic carbocycles. The van der Waals surface area contributed by atoms with Crippen LogP contribution in [0.5, 0.6) is 0 Å². The second-order valence-electron chi connectivity index (χ2n) is 5.70. The number of aromatic amines is 1. The van der Waals surface area contributed by atoms with Crippen molar-refractivity contribution in [1.29, 1.82) is 0 Å². The molecule has 0 saturated heterocycles. The van der Waals surface area contributed by atoms with Crippen LogP contribution < -0.4 is 5.32 Å². The lowest BCUT2D eigenvalue weighted by atomic mass is 10.0. The predicted molar refractivity (Wildman–Crippen MR) is 93.8 cm³/mol. The maximum Gasteiger partial charge on any atom is 0.247 e. The smallest absolute Gasteiger partial charge is 0.247 e. The highest BCUT2D eigenvalue weighted by Crippen LogP contribution is 2.35. The van der Waals surface area contributed by atoms with Gasteiger partial charge in [0.2, 0.25) is 11.8 Å². The molecule has 0 amide bonds. The van der Waals surface area contributed by atoms with E-state index < -0.39 is 0 Å². The summed E-state index contributed by atoms with van der Waals surface area (Å²) in [7, 11) is 1.93. The van der Waals surface area contributed by atoms with E-state index in [0.29, 0.717) is 11.8 Å². The minimum Gasteiger partial charge on any atom is -0.421 e. The Labute approximate surface area is 139 Å². The summed E-state index contributed by atoms with van der Waals surface area (Å²) in [6, 6.07) is 8.05. The lowest BCUT2D eigenvalue weighted by molar-refractivity contribution is 0.533. The third-order valence-corrected chi connectivity index (χ3v) is 4.12. The number of hydrogen-bond acceptors (Lipinski definition) is 5. The molecule has 6 nitrogen and oxygen atoms in total. The Morgan fingerprint density at radius 3 is 2.46 bits per heavy atom. The molecule has 0 aliphatic heterocycles. The molecular weight excluding hydrogens is 302 g/mol. The molecule has 0 saturated carbocycles. The van der Waals surface area contributed by atoms with Gasteiger partial charge < -0.3 is 14.7 Å². The maximum atomic E-state index is 5.47. The number of anilines is 1. The van der Waals surface area contributed by atoms with Crippen LogP contribution >= 0.6 is 0 Å². The van der Waals surface area contributed by atoms with Crippen molar-refractivity contribution in [3.05, 3.63) is 48.1 Å². The molecule has 3 aromatic heterocycles. The molecule has 0 aliphatic carbocycles. The van der Waals surface area contributed by atoms with E-state index in [2.05, 4.69) is 32.4 Å². The van der Waals surface area contributed by atoms with Gasteiger partial charge in [-0.2, -0.15) is 0 Å². The maximum absolute atomic E-state index is 5.47. The van der Waals surface area contributed by atoms with Crippen LogP contribution in [0, 0.1) is 13.8 Å². The first-order valence-corrected chi connectivity index (χ1v) is 7.72. The van der Waals surface area contributed by atoms with Crippen LogP contribution in [0.15, 0.2) is 41.1 Å². The number of fused-ring (bicyclic) bond motifs is 1. The minimum atomic E-state index is 0.531. The molecule has 0 bridgehead atoms. The van der Waals surface area contributed by atoms with E-state index >= 15 is 0 Å². The second-order valence-corrected chi connectivity index (χ2v) is 5.70. The summed E-state index contributed by atoms with van der Waals surface area (Å²) in [6.07, 6.45) is 3.86. The van der Waals surface area contributed by atoms with E-state index in [1.807, 2.05) is 43.7 Å². The molecule has 6 heteroatoms. The Hall–Kier alpha value is -3.15. The Morgan fingerprint density at radius 1 is 1.04 bits per heavy atom. The zero-order valence-electron chi connectivity index (χ0n) is 13.7. The predicted octanol–water partition coefficient (Wildman–Crippen LogP) is 3.94. The van der Waals surface area contributed by atoms with Crippen LogP contribution in [0.3, 0.4) is 0 Å². The molecule has 0 radical (unpaired) electrons. The number of nitrogens with zero attached hydrogens (tertiary/aromatic N) is 3. The van der Waals surface area contributed by atoms with Crippen molar-refractivity contribution in [2.45, 2.75) is 13.8 Å². The van der Waals surface area contributed by atoms with Crippen LogP contribution in [0.4, 0.5) is 5.69 Å². The van der Waals surface area contributed by atoms with E-state index in [9.17, 15) is 0 Å². The van der Waals surface area contributed by atoms with E-state index in [1.54, 1.807) is 6.92 Å². The SMILES string of the molecule is CNc1c(-c2ccc(-c3nnc(C)o3)cc2)cnc2[nH]cc(C)c12. The number of aryl methyl sites for hydroxylation is 2. The van der Waals surface area contributed by atoms with Crippen LogP contribution in [0.1, 0.15) is 11.5 Å². The summed E-state index contributed by atoms with van der Waals surface area (Å²) in [5, 5.41) is 12.4. The van der Waals surface area contributed by atoms with Crippen LogP contribution in [-0.4, -0.2) is 27.2 Å². The molecule has 0 fully saturated rings. The third-order valence-electron chi connectivity index (χ3n) is 4.12. The first-order chi connectivity index (χ1) is 11.7. The summed E-state index contributed by atoms with van der Waals surface area (Å²) in [5.41, 5.74) is 6.16. The van der Waals surface area contributed by atoms with E-state index in [0.717, 1.165) is 33.4 Å². The fourth-order valence-corrected chi connectivity index (χ4v) is 2.94. The highest BCUT2D eigenvalue weighted by Gasteiger charge is 2.13. The minimum absolute atomic E-state index is 0.531. The van der Waals surface area contributed by atoms with Crippen LogP contribution in [-0.2, 0) is 0 Å². The summed E-state index contributed by atoms with van der Waals surface area (Å²) < 4.78 is 5.47. The van der Waals surface area contributed by atoms with Crippen molar-refractivity contribution in [3.63, 3.8) is 0 Å². The number of nitrogens with one attached hydrogen (secondary N) is 2. The number of rotatable bonds is 3. The molecule has 4 rings (SSSR count). The van der Waals surface area contributed by atoms with Gasteiger partial charge in [-0.1, -0.05) is 12.1 Å². The van der Waals surface area contributed by atoms with E-state index in [4.69, 9.17) is 4.42 Å². The molecule has 0 aliphatic rings. The summed E-state index contributed by atoms with van der Waals surface area (Å²) in [5.74, 6) is 1.09. The van der Waals surface area contributed by atoms with Gasteiger partial charge in [0, 0.05) is 42.9 Å². The molecule has 4 aromatic rings. The fourth-order valence-electron chi connectivity index (χ4n) is 2.94. The van der Waals surface area contributed by atoms with Gasteiger partial charge in [-0.15, -0.1) is 10.2 Å². The van der Waals surface area contributed by atoms with E-state index in [1.165, 1.54) is 5.56 Å². The first kappa shape index (κ1) is 14.4. The zero-order valence-corrected chi connectivity index (χ0v) is 13.7. The van der Waals surface area contributed by atoms with Gasteiger partial charge in [0.05, 0.1) is 5.69 Å². The number of benzene rings is 1. The fraction of sp³-hybridized carbons (Fsp3) is 0.167. The average molecular weight is 319 g/mol. The van der Waals surface area contributed by atoms with E-state index in [-0.39, 0.29) is 0 Å². The van der Waals surface area contributed by atoms with Gasteiger partial charge in [0.1, 0.15) is 5.65 Å². The van der Waals surface area contributed by atoms with Crippen molar-refractivity contribution in [1.82, 2.24) is 20.2 Å². The Morgan fingerprint density at radius 2 is 1.79 bits per heavy atom. The zero-order chi connectivity index (χ0) is 16.7. The summed E-state index contributed by atoms with van der Waals surface area (Å²) in [4.78, 5) is 7.73. The highest BCUT2D eigenvalue weighted by molar-refractivity contribution is 6.00. The summed E-state index contributed by atoms with van der Waals surface area (Å²) in [6.45, 7) is 3.86. The lowest BCUT2D eigenvalue weighted by Crippen LogP contribution is -1.95. The van der Waals surface area contributed by atoms with Gasteiger partial charge in [-0.25, -0.2) is 4.98 Å². The molecule has 0 atom stereocenters. The normalized spacial score (nSPS) is 11.1. The Kier molecular flexibility index (Phi) is 3.30. The average Bonchev–Trinajstić information content (AvgIpc) is 3.21. The second kappa shape index (κ2) is 5.49. The topological polar surface area (TPSA) is 79.6 Å². The lowest BCUT2D eigenvalue weighted by Gasteiger charge is -2.11. The quantitative estimate of drug-likeness (QED) is 0.598. The molecule has 3 heterocycles. The molecule has 24 heavy (non-hydrogen) atoms. The largest absolute Gasteiger partial charge is 0.421 e. The first-order valence-electron chi connectivity index (χ1n) is 7.72. The molecule has 120 valence electrons. The number of H-pyrrole nitrogens is 1. The number of pyridine rings is 1. The number of aromatic nitrogens is 4. The van der Waals surface area contributed by atoms with Gasteiger partial charge in [0.25, 0.3) is 0 Å². The van der Waals surface area contributed by atoms with Crippen molar-refractivity contribution in [2.24, 2.45) is 0 Å². The highest BCUT2D eigenvalue weighted by atomic mass is 16.4. The van der Waals surface area contributed by atoms with Crippen LogP contribution in [0.2, 0.25) is 0 Å². The molecular formula is C18H17N5O. The van der Waals surface area contributed by atoms with Gasteiger partial charge in [0.15, 0.2) is 0 Å². The van der Waals surface area contributed by atoms with Crippen molar-refractivity contribution >= 4 is 16.7 Å². The van der Waals surface area contributed by atoms with Gasteiger partial charge >= 0.3 is 0 Å². The van der Waals surface area contributed by atoms with Crippen LogP contribution in [0.25, 0.3) is 33.6 Å². The number of hydrogen-bond donors (Lipinski definition) is 2. The monoisotopic (exact) mass is 319 g/mol. The standard InChI is InChI=1S/C18H17N5O/c1-10-8-20-17-15(10)16(19-3)14(9-21-17)12-4-6-13(7-5-12)18-23-22-11(2)24-18/h4-9H,1-3H3,(H2,19,20,21). The Balaban J connectivity index is 1.81. The molecule has 0 spiro atoms. The molecule has 2 N–H and O–H groups in total. The summed E-state index contributed by atoms with van der Waals surface area (Å²) >= 11 is 0. The third kappa shape index (κ3) is 2.23. The van der Waals surface area contributed by atoms with Crippen molar-refractivity contribution in [3.8, 4) is 22.6 Å². The van der Waals surface area contributed by atoms with Gasteiger partial charge in [-0.05, 0) is 30.2 Å². The van der Waals surface area contributed by atoms with Gasteiger partial charge in [-0.3, -0.25) is 0 Å². The molecule has 0 unspecified atom stereocenters. The van der Waals surface area contributed by atoms with Crippen molar-refractivity contribution < 1.29 is 4.42 Å².